The van der Waals surface area contributed by atoms with Crippen LogP contribution in [0.5, 0.6) is 5.75 Å². The molecule has 0 saturated heterocycles. The molecule has 1 N–H and O–H groups in total. The van der Waals surface area contributed by atoms with E-state index in [2.05, 4.69) is 12.0 Å². The second-order valence-corrected chi connectivity index (χ2v) is 4.63. The monoisotopic (exact) mass is 274 g/mol. The molecule has 1 atom stereocenters. The number of nitrogens with zero attached hydrogens (tertiary/aromatic N) is 2. The van der Waals surface area contributed by atoms with Crippen LogP contribution in [0.25, 0.3) is 0 Å². The highest BCUT2D eigenvalue weighted by Gasteiger charge is 2.16. The minimum Gasteiger partial charge on any atom is -0.494 e. The van der Waals surface area contributed by atoms with Crippen molar-refractivity contribution in [1.82, 2.24) is 9.78 Å². The van der Waals surface area contributed by atoms with E-state index in [9.17, 15) is 5.11 Å². The molecule has 0 aliphatic rings. The van der Waals surface area contributed by atoms with Gasteiger partial charge in [0.2, 0.25) is 0 Å². The highest BCUT2D eigenvalue weighted by atomic mass is 16.5. The number of hydrogen-bond donors (Lipinski definition) is 1. The van der Waals surface area contributed by atoms with E-state index in [4.69, 9.17) is 4.74 Å². The Morgan fingerprint density at radius 3 is 2.45 bits per heavy atom. The third-order valence-electron chi connectivity index (χ3n) is 3.31. The number of aliphatic hydroxyl groups is 1. The number of aromatic nitrogens is 2. The molecule has 108 valence electrons. The van der Waals surface area contributed by atoms with E-state index in [1.807, 2.05) is 48.9 Å². The molecular weight excluding hydrogens is 252 g/mol. The lowest BCUT2D eigenvalue weighted by Gasteiger charge is -2.13. The van der Waals surface area contributed by atoms with Crippen LogP contribution < -0.4 is 4.74 Å². The summed E-state index contributed by atoms with van der Waals surface area (Å²) < 4.78 is 7.27. The predicted molar refractivity (Wildman–Crippen MR) is 79.0 cm³/mol. The predicted octanol–water partition coefficient (Wildman–Crippen LogP) is 2.95. The molecule has 0 fully saturated rings. The van der Waals surface area contributed by atoms with Crippen LogP contribution in [0.1, 0.15) is 43.8 Å². The van der Waals surface area contributed by atoms with Gasteiger partial charge in [-0.25, -0.2) is 0 Å². The molecule has 1 aromatic heterocycles. The molecule has 0 radical (unpaired) electrons. The Morgan fingerprint density at radius 2 is 1.90 bits per heavy atom. The summed E-state index contributed by atoms with van der Waals surface area (Å²) >= 11 is 0. The fourth-order valence-corrected chi connectivity index (χ4v) is 2.22. The Morgan fingerprint density at radius 1 is 1.20 bits per heavy atom. The maximum Gasteiger partial charge on any atom is 0.121 e. The lowest BCUT2D eigenvalue weighted by molar-refractivity contribution is 0.208. The Labute approximate surface area is 120 Å². The zero-order valence-corrected chi connectivity index (χ0v) is 12.3. The van der Waals surface area contributed by atoms with E-state index in [-0.39, 0.29) is 0 Å². The number of hydrogen-bond acceptors (Lipinski definition) is 3. The molecule has 1 heterocycles. The van der Waals surface area contributed by atoms with Gasteiger partial charge >= 0.3 is 0 Å². The normalized spacial score (nSPS) is 12.4. The zero-order chi connectivity index (χ0) is 14.5. The SMILES string of the molecule is CCOc1ccc(C(O)c2cc(CC)nn2CC)cc1. The van der Waals surface area contributed by atoms with Crippen LogP contribution in [0.3, 0.4) is 0 Å². The standard InChI is InChI=1S/C16H22N2O2/c1-4-13-11-15(18(5-2)17-13)16(19)12-7-9-14(10-8-12)20-6-3/h7-11,16,19H,4-6H2,1-3H3. The van der Waals surface area contributed by atoms with Crippen molar-refractivity contribution in [2.24, 2.45) is 0 Å². The van der Waals surface area contributed by atoms with Gasteiger partial charge in [0.05, 0.1) is 18.0 Å². The Bertz CT molecular complexity index is 546. The van der Waals surface area contributed by atoms with Crippen molar-refractivity contribution in [3.8, 4) is 5.75 Å². The summed E-state index contributed by atoms with van der Waals surface area (Å²) in [4.78, 5) is 0. The van der Waals surface area contributed by atoms with Gasteiger partial charge in [0.15, 0.2) is 0 Å². The molecule has 2 aromatic rings. The average Bonchev–Trinajstić information content (AvgIpc) is 2.91. The molecule has 4 nitrogen and oxygen atoms in total. The topological polar surface area (TPSA) is 47.3 Å². The minimum absolute atomic E-state index is 0.643. The van der Waals surface area contributed by atoms with Gasteiger partial charge in [-0.05, 0) is 44.0 Å². The lowest BCUT2D eigenvalue weighted by Crippen LogP contribution is -2.09. The average molecular weight is 274 g/mol. The van der Waals surface area contributed by atoms with Crippen LogP contribution in [-0.4, -0.2) is 21.5 Å². The Kier molecular flexibility index (Phi) is 4.79. The largest absolute Gasteiger partial charge is 0.494 e. The molecule has 0 aliphatic heterocycles. The first-order chi connectivity index (χ1) is 9.69. The molecule has 0 spiro atoms. The number of ether oxygens (including phenoxy) is 1. The first-order valence-corrected chi connectivity index (χ1v) is 7.17. The molecule has 4 heteroatoms. The lowest BCUT2D eigenvalue weighted by atomic mass is 10.1. The first-order valence-electron chi connectivity index (χ1n) is 7.17. The number of aryl methyl sites for hydroxylation is 2. The molecule has 1 aromatic carbocycles. The van der Waals surface area contributed by atoms with Gasteiger partial charge in [0, 0.05) is 6.54 Å². The molecule has 0 bridgehead atoms. The fraction of sp³-hybridized carbons (Fsp3) is 0.438. The molecular formula is C16H22N2O2. The Balaban J connectivity index is 2.25. The third kappa shape index (κ3) is 3.02. The number of rotatable bonds is 6. The molecule has 20 heavy (non-hydrogen) atoms. The van der Waals surface area contributed by atoms with E-state index in [0.717, 1.165) is 35.7 Å². The van der Waals surface area contributed by atoms with Crippen molar-refractivity contribution in [1.29, 1.82) is 0 Å². The maximum atomic E-state index is 10.5. The van der Waals surface area contributed by atoms with Gasteiger partial charge in [-0.2, -0.15) is 5.10 Å². The van der Waals surface area contributed by atoms with E-state index in [1.54, 1.807) is 0 Å². The fourth-order valence-electron chi connectivity index (χ4n) is 2.22. The van der Waals surface area contributed by atoms with Crippen LogP contribution in [0, 0.1) is 0 Å². The Hall–Kier alpha value is -1.81. The smallest absolute Gasteiger partial charge is 0.121 e. The maximum absolute atomic E-state index is 10.5. The van der Waals surface area contributed by atoms with Crippen molar-refractivity contribution >= 4 is 0 Å². The summed E-state index contributed by atoms with van der Waals surface area (Å²) in [5.41, 5.74) is 2.70. The van der Waals surface area contributed by atoms with Crippen LogP contribution in [0.4, 0.5) is 0 Å². The van der Waals surface area contributed by atoms with Crippen molar-refractivity contribution in [2.75, 3.05) is 6.61 Å². The van der Waals surface area contributed by atoms with Crippen LogP contribution >= 0.6 is 0 Å². The van der Waals surface area contributed by atoms with Crippen LogP contribution in [0.2, 0.25) is 0 Å². The van der Waals surface area contributed by atoms with E-state index in [1.165, 1.54) is 0 Å². The summed E-state index contributed by atoms with van der Waals surface area (Å²) in [5, 5.41) is 15.0. The summed E-state index contributed by atoms with van der Waals surface area (Å²) in [6.45, 7) is 7.44. The second-order valence-electron chi connectivity index (χ2n) is 4.63. The molecule has 2 rings (SSSR count). The summed E-state index contributed by atoms with van der Waals surface area (Å²) in [6, 6.07) is 9.54. The van der Waals surface area contributed by atoms with Crippen molar-refractivity contribution < 1.29 is 9.84 Å². The minimum atomic E-state index is -0.654. The summed E-state index contributed by atoms with van der Waals surface area (Å²) in [5.74, 6) is 0.821. The van der Waals surface area contributed by atoms with Gasteiger partial charge in [-0.1, -0.05) is 19.1 Å². The zero-order valence-electron chi connectivity index (χ0n) is 12.3. The molecule has 0 saturated carbocycles. The highest BCUT2D eigenvalue weighted by molar-refractivity contribution is 5.32. The second kappa shape index (κ2) is 6.57. The quantitative estimate of drug-likeness (QED) is 0.881. The summed E-state index contributed by atoms with van der Waals surface area (Å²) in [7, 11) is 0. The van der Waals surface area contributed by atoms with Crippen LogP contribution in [0.15, 0.2) is 30.3 Å². The van der Waals surface area contributed by atoms with Gasteiger partial charge in [-0.3, -0.25) is 4.68 Å². The summed E-state index contributed by atoms with van der Waals surface area (Å²) in [6.07, 6.45) is 0.217. The molecule has 1 unspecified atom stereocenters. The molecule has 0 aliphatic carbocycles. The van der Waals surface area contributed by atoms with Gasteiger partial charge < -0.3 is 9.84 Å². The van der Waals surface area contributed by atoms with Crippen LogP contribution in [-0.2, 0) is 13.0 Å². The van der Waals surface area contributed by atoms with E-state index >= 15 is 0 Å². The number of benzene rings is 1. The van der Waals surface area contributed by atoms with E-state index in [0.29, 0.717) is 6.61 Å². The van der Waals surface area contributed by atoms with Crippen molar-refractivity contribution in [3.05, 3.63) is 47.3 Å². The van der Waals surface area contributed by atoms with E-state index < -0.39 is 6.10 Å². The van der Waals surface area contributed by atoms with Crippen molar-refractivity contribution in [3.63, 3.8) is 0 Å². The number of aliphatic hydroxyl groups excluding tert-OH is 1. The van der Waals surface area contributed by atoms with Gasteiger partial charge in [0.25, 0.3) is 0 Å². The molecule has 0 amide bonds. The third-order valence-corrected chi connectivity index (χ3v) is 3.31. The van der Waals surface area contributed by atoms with Crippen molar-refractivity contribution in [2.45, 2.75) is 39.8 Å². The first kappa shape index (κ1) is 14.6. The highest BCUT2D eigenvalue weighted by Crippen LogP contribution is 2.25. The van der Waals surface area contributed by atoms with Gasteiger partial charge in [-0.15, -0.1) is 0 Å². The van der Waals surface area contributed by atoms with Gasteiger partial charge in [0.1, 0.15) is 11.9 Å².